The number of hydrogen-bond acceptors (Lipinski definition) is 4. The highest BCUT2D eigenvalue weighted by Crippen LogP contribution is 2.25. The van der Waals surface area contributed by atoms with Gasteiger partial charge in [0, 0.05) is 10.7 Å². The van der Waals surface area contributed by atoms with Crippen LogP contribution in [0.15, 0.2) is 18.2 Å². The molecule has 19 heavy (non-hydrogen) atoms. The van der Waals surface area contributed by atoms with Gasteiger partial charge in [0.2, 0.25) is 0 Å². The van der Waals surface area contributed by atoms with Crippen LogP contribution in [0.3, 0.4) is 0 Å². The molecule has 0 saturated carbocycles. The molecule has 0 bridgehead atoms. The molecule has 0 unspecified atom stereocenters. The van der Waals surface area contributed by atoms with E-state index in [9.17, 15) is 8.78 Å². The molecular formula is C11H8ClF2N3S2. The minimum absolute atomic E-state index is 0.159. The van der Waals surface area contributed by atoms with Crippen LogP contribution in [0.4, 0.5) is 14.5 Å². The van der Waals surface area contributed by atoms with Gasteiger partial charge in [0.15, 0.2) is 5.69 Å². The molecule has 0 aliphatic heterocycles. The summed E-state index contributed by atoms with van der Waals surface area (Å²) in [7, 11) is 0. The minimum Gasteiger partial charge on any atom is -0.345 e. The summed E-state index contributed by atoms with van der Waals surface area (Å²) in [5, 5.41) is 6.79. The van der Waals surface area contributed by atoms with Crippen LogP contribution < -0.4 is 5.32 Å². The van der Waals surface area contributed by atoms with Gasteiger partial charge in [0.25, 0.3) is 6.43 Å². The number of thiocarbonyl (C=S) groups is 1. The number of nitrogens with zero attached hydrogens (tertiary/aromatic N) is 2. The van der Waals surface area contributed by atoms with E-state index in [-0.39, 0.29) is 9.87 Å². The van der Waals surface area contributed by atoms with E-state index in [1.807, 2.05) is 13.0 Å². The fourth-order valence-electron chi connectivity index (χ4n) is 1.49. The van der Waals surface area contributed by atoms with E-state index in [0.29, 0.717) is 10.7 Å². The molecule has 2 aromatic rings. The third-order valence-corrected chi connectivity index (χ3v) is 3.64. The fraction of sp³-hybridized carbons (Fsp3) is 0.182. The van der Waals surface area contributed by atoms with Crippen molar-refractivity contribution in [2.75, 3.05) is 5.32 Å². The van der Waals surface area contributed by atoms with Crippen molar-refractivity contribution >= 4 is 46.0 Å². The second-order valence-corrected chi connectivity index (χ2v) is 5.36. The van der Waals surface area contributed by atoms with E-state index >= 15 is 0 Å². The number of rotatable bonds is 3. The number of benzene rings is 1. The zero-order valence-corrected chi connectivity index (χ0v) is 12.0. The highest BCUT2D eigenvalue weighted by Gasteiger charge is 2.21. The quantitative estimate of drug-likeness (QED) is 0.859. The molecule has 0 aliphatic carbocycles. The Morgan fingerprint density at radius 2 is 2.16 bits per heavy atom. The molecule has 0 radical (unpaired) electrons. The Hall–Kier alpha value is -1.18. The van der Waals surface area contributed by atoms with Crippen molar-refractivity contribution in [3.05, 3.63) is 39.4 Å². The van der Waals surface area contributed by atoms with Crippen LogP contribution in [-0.4, -0.2) is 14.6 Å². The molecule has 1 N–H and O–H groups in total. The number of hydrogen-bond donors (Lipinski definition) is 1. The van der Waals surface area contributed by atoms with Gasteiger partial charge < -0.3 is 5.32 Å². The van der Waals surface area contributed by atoms with Crippen LogP contribution in [0.2, 0.25) is 5.02 Å². The molecule has 3 nitrogen and oxygen atoms in total. The van der Waals surface area contributed by atoms with Crippen molar-refractivity contribution in [2.24, 2.45) is 0 Å². The first kappa shape index (κ1) is 14.2. The van der Waals surface area contributed by atoms with Crippen molar-refractivity contribution in [1.82, 2.24) is 9.59 Å². The normalized spacial score (nSPS) is 10.8. The van der Waals surface area contributed by atoms with Crippen LogP contribution in [-0.2, 0) is 0 Å². The Morgan fingerprint density at radius 1 is 1.42 bits per heavy atom. The van der Waals surface area contributed by atoms with Gasteiger partial charge in [-0.05, 0) is 42.2 Å². The zero-order chi connectivity index (χ0) is 14.0. The molecule has 1 aromatic heterocycles. The third kappa shape index (κ3) is 3.43. The summed E-state index contributed by atoms with van der Waals surface area (Å²) in [6.45, 7) is 1.87. The van der Waals surface area contributed by atoms with Crippen LogP contribution in [0, 0.1) is 6.92 Å². The van der Waals surface area contributed by atoms with Gasteiger partial charge >= 0.3 is 0 Å². The van der Waals surface area contributed by atoms with Gasteiger partial charge in [-0.3, -0.25) is 0 Å². The maximum absolute atomic E-state index is 12.7. The summed E-state index contributed by atoms with van der Waals surface area (Å²) in [6, 6.07) is 5.26. The van der Waals surface area contributed by atoms with Gasteiger partial charge in [-0.1, -0.05) is 28.3 Å². The molecule has 0 aliphatic rings. The van der Waals surface area contributed by atoms with Gasteiger partial charge in [0.1, 0.15) is 9.87 Å². The summed E-state index contributed by atoms with van der Waals surface area (Å²) in [5.74, 6) is 0. The second-order valence-electron chi connectivity index (χ2n) is 3.76. The number of alkyl halides is 2. The Kier molecular flexibility index (Phi) is 4.38. The van der Waals surface area contributed by atoms with E-state index < -0.39 is 12.1 Å². The maximum atomic E-state index is 12.7. The van der Waals surface area contributed by atoms with Crippen molar-refractivity contribution < 1.29 is 8.78 Å². The van der Waals surface area contributed by atoms with Gasteiger partial charge in [-0.15, -0.1) is 5.10 Å². The molecule has 100 valence electrons. The first-order valence-electron chi connectivity index (χ1n) is 5.16. The lowest BCUT2D eigenvalue weighted by Gasteiger charge is -2.08. The largest absolute Gasteiger partial charge is 0.345 e. The molecule has 0 saturated heterocycles. The lowest BCUT2D eigenvalue weighted by Crippen LogP contribution is -2.11. The summed E-state index contributed by atoms with van der Waals surface area (Å²) >= 11 is 11.8. The highest BCUT2D eigenvalue weighted by molar-refractivity contribution is 7.81. The summed E-state index contributed by atoms with van der Waals surface area (Å²) in [5.41, 5.74) is 1.18. The standard InChI is InChI=1S/C11H8ClF2N3S2/c1-5-2-6(12)4-7(3-5)15-11(18)9-8(10(13)14)16-17-19-9/h2-4,10H,1H3,(H,15,18). The topological polar surface area (TPSA) is 37.8 Å². The number of aryl methyl sites for hydroxylation is 1. The van der Waals surface area contributed by atoms with E-state index in [2.05, 4.69) is 14.9 Å². The number of nitrogens with one attached hydrogen (secondary N) is 1. The first-order valence-corrected chi connectivity index (χ1v) is 6.72. The molecule has 1 aromatic carbocycles. The molecule has 0 atom stereocenters. The van der Waals surface area contributed by atoms with Crippen LogP contribution in [0.1, 0.15) is 22.6 Å². The van der Waals surface area contributed by atoms with Crippen molar-refractivity contribution in [2.45, 2.75) is 13.3 Å². The Balaban J connectivity index is 2.23. The molecular weight excluding hydrogens is 312 g/mol. The lowest BCUT2D eigenvalue weighted by atomic mass is 10.2. The predicted molar refractivity (Wildman–Crippen MR) is 76.4 cm³/mol. The van der Waals surface area contributed by atoms with Gasteiger partial charge in [0.05, 0.1) is 0 Å². The third-order valence-electron chi connectivity index (χ3n) is 2.23. The number of halogens is 3. The van der Waals surface area contributed by atoms with E-state index in [0.717, 1.165) is 17.1 Å². The number of anilines is 1. The number of aromatic nitrogens is 2. The van der Waals surface area contributed by atoms with Crippen LogP contribution >= 0.6 is 35.4 Å². The van der Waals surface area contributed by atoms with Crippen molar-refractivity contribution in [1.29, 1.82) is 0 Å². The molecule has 1 heterocycles. The molecule has 2 rings (SSSR count). The highest BCUT2D eigenvalue weighted by atomic mass is 35.5. The molecule has 0 spiro atoms. The monoisotopic (exact) mass is 319 g/mol. The smallest absolute Gasteiger partial charge is 0.283 e. The summed E-state index contributed by atoms with van der Waals surface area (Å²) in [6.07, 6.45) is -2.70. The Bertz CT molecular complexity index is 595. The van der Waals surface area contributed by atoms with Crippen LogP contribution in [0.25, 0.3) is 0 Å². The zero-order valence-electron chi connectivity index (χ0n) is 9.65. The SMILES string of the molecule is Cc1cc(Cl)cc(NC(=S)c2snnc2C(F)F)c1. The second kappa shape index (κ2) is 5.85. The Labute approximate surface area is 122 Å². The Morgan fingerprint density at radius 3 is 2.79 bits per heavy atom. The summed E-state index contributed by atoms with van der Waals surface area (Å²) in [4.78, 5) is 0.328. The molecule has 8 heteroatoms. The average Bonchev–Trinajstić information content (AvgIpc) is 2.75. The van der Waals surface area contributed by atoms with E-state index in [4.69, 9.17) is 23.8 Å². The average molecular weight is 320 g/mol. The first-order chi connectivity index (χ1) is 8.97. The van der Waals surface area contributed by atoms with Crippen molar-refractivity contribution in [3.63, 3.8) is 0 Å². The van der Waals surface area contributed by atoms with E-state index in [1.165, 1.54) is 0 Å². The predicted octanol–water partition coefficient (Wildman–Crippen LogP) is 4.23. The fourth-order valence-corrected chi connectivity index (χ4v) is 2.69. The van der Waals surface area contributed by atoms with Crippen molar-refractivity contribution in [3.8, 4) is 0 Å². The van der Waals surface area contributed by atoms with Crippen LogP contribution in [0.5, 0.6) is 0 Å². The van der Waals surface area contributed by atoms with Gasteiger partial charge in [-0.2, -0.15) is 0 Å². The minimum atomic E-state index is -2.70. The van der Waals surface area contributed by atoms with E-state index in [1.54, 1.807) is 12.1 Å². The maximum Gasteiger partial charge on any atom is 0.283 e. The molecule has 0 amide bonds. The lowest BCUT2D eigenvalue weighted by molar-refractivity contribution is 0.146. The summed E-state index contributed by atoms with van der Waals surface area (Å²) < 4.78 is 28.9. The van der Waals surface area contributed by atoms with Gasteiger partial charge in [-0.25, -0.2) is 8.78 Å². The molecule has 0 fully saturated rings.